The second-order valence-corrected chi connectivity index (χ2v) is 4.97. The van der Waals surface area contributed by atoms with E-state index in [9.17, 15) is 0 Å². The van der Waals surface area contributed by atoms with E-state index in [1.807, 2.05) is 47.0 Å². The number of nitrogen functional groups attached to an aromatic ring is 1. The molecule has 2 N–H and O–H groups in total. The Hall–Kier alpha value is -2.20. The summed E-state index contributed by atoms with van der Waals surface area (Å²) in [6.45, 7) is 0.646. The van der Waals surface area contributed by atoms with Crippen LogP contribution in [0.15, 0.2) is 42.5 Å². The molecule has 0 spiro atoms. The lowest BCUT2D eigenvalue weighted by Gasteiger charge is -2.07. The molecule has 2 aromatic carbocycles. The first-order valence-electron chi connectivity index (χ1n) is 6.21. The molecule has 0 radical (unpaired) electrons. The van der Waals surface area contributed by atoms with Crippen LogP contribution in [0.5, 0.6) is 5.75 Å². The number of nitrogens with two attached hydrogens (primary N) is 1. The van der Waals surface area contributed by atoms with Gasteiger partial charge in [0.2, 0.25) is 5.95 Å². The third-order valence-corrected chi connectivity index (χ3v) is 3.47. The maximum absolute atomic E-state index is 6.04. The Morgan fingerprint density at radius 1 is 1.20 bits per heavy atom. The number of rotatable bonds is 3. The summed E-state index contributed by atoms with van der Waals surface area (Å²) in [5.74, 6) is 1.32. The SMILES string of the molecule is COc1ccc(Cn2c(N)nc3ccc(Cl)cc32)cc1. The molecule has 0 unspecified atom stereocenters. The fourth-order valence-corrected chi connectivity index (χ4v) is 2.36. The van der Waals surface area contributed by atoms with Gasteiger partial charge in [0, 0.05) is 5.02 Å². The van der Waals surface area contributed by atoms with E-state index in [2.05, 4.69) is 4.98 Å². The van der Waals surface area contributed by atoms with Crippen molar-refractivity contribution in [3.8, 4) is 5.75 Å². The predicted molar refractivity (Wildman–Crippen MR) is 81.3 cm³/mol. The van der Waals surface area contributed by atoms with E-state index >= 15 is 0 Å². The van der Waals surface area contributed by atoms with Crippen molar-refractivity contribution in [2.45, 2.75) is 6.54 Å². The molecule has 0 saturated carbocycles. The zero-order valence-corrected chi connectivity index (χ0v) is 11.8. The number of ether oxygens (including phenoxy) is 1. The van der Waals surface area contributed by atoms with Gasteiger partial charge in [-0.1, -0.05) is 23.7 Å². The lowest BCUT2D eigenvalue weighted by Crippen LogP contribution is -2.04. The molecule has 4 nitrogen and oxygen atoms in total. The minimum absolute atomic E-state index is 0.484. The highest BCUT2D eigenvalue weighted by Gasteiger charge is 2.09. The van der Waals surface area contributed by atoms with Gasteiger partial charge in [0.05, 0.1) is 24.7 Å². The Balaban J connectivity index is 2.00. The summed E-state index contributed by atoms with van der Waals surface area (Å²) >= 11 is 6.04. The predicted octanol–water partition coefficient (Wildman–Crippen LogP) is 3.33. The Kier molecular flexibility index (Phi) is 3.24. The van der Waals surface area contributed by atoms with Crippen LogP contribution in [0, 0.1) is 0 Å². The number of aromatic nitrogens is 2. The Morgan fingerprint density at radius 2 is 1.95 bits per heavy atom. The Bertz CT molecular complexity index is 750. The number of hydrogen-bond acceptors (Lipinski definition) is 3. The smallest absolute Gasteiger partial charge is 0.201 e. The molecule has 0 aliphatic rings. The molecule has 0 aliphatic heterocycles. The molecule has 5 heteroatoms. The summed E-state index contributed by atoms with van der Waals surface area (Å²) in [5, 5.41) is 0.674. The number of benzene rings is 2. The average molecular weight is 288 g/mol. The van der Waals surface area contributed by atoms with Crippen molar-refractivity contribution in [1.29, 1.82) is 0 Å². The van der Waals surface area contributed by atoms with E-state index in [0.29, 0.717) is 17.5 Å². The van der Waals surface area contributed by atoms with E-state index in [4.69, 9.17) is 22.1 Å². The molecular weight excluding hydrogens is 274 g/mol. The first-order chi connectivity index (χ1) is 9.67. The van der Waals surface area contributed by atoms with Crippen molar-refractivity contribution >= 4 is 28.6 Å². The van der Waals surface area contributed by atoms with E-state index < -0.39 is 0 Å². The van der Waals surface area contributed by atoms with Crippen molar-refractivity contribution in [3.05, 3.63) is 53.1 Å². The number of hydrogen-bond donors (Lipinski definition) is 1. The first kappa shape index (κ1) is 12.8. The summed E-state index contributed by atoms with van der Waals surface area (Å²) in [4.78, 5) is 4.34. The number of anilines is 1. The van der Waals surface area contributed by atoms with Gasteiger partial charge in [-0.05, 0) is 35.9 Å². The van der Waals surface area contributed by atoms with Gasteiger partial charge in [0.25, 0.3) is 0 Å². The zero-order valence-electron chi connectivity index (χ0n) is 11.0. The number of methoxy groups -OCH3 is 1. The molecule has 0 aliphatic carbocycles. The van der Waals surface area contributed by atoms with Crippen LogP contribution in [0.2, 0.25) is 5.02 Å². The van der Waals surface area contributed by atoms with Crippen LogP contribution >= 0.6 is 11.6 Å². The van der Waals surface area contributed by atoms with Crippen LogP contribution in [0.25, 0.3) is 11.0 Å². The largest absolute Gasteiger partial charge is 0.497 e. The van der Waals surface area contributed by atoms with E-state index in [0.717, 1.165) is 22.3 Å². The molecule has 102 valence electrons. The van der Waals surface area contributed by atoms with Crippen molar-refractivity contribution in [3.63, 3.8) is 0 Å². The van der Waals surface area contributed by atoms with E-state index in [-0.39, 0.29) is 0 Å². The Morgan fingerprint density at radius 3 is 2.65 bits per heavy atom. The zero-order chi connectivity index (χ0) is 14.1. The van der Waals surface area contributed by atoms with Crippen molar-refractivity contribution in [1.82, 2.24) is 9.55 Å². The third kappa shape index (κ3) is 2.30. The standard InChI is InChI=1S/C15H14ClN3O/c1-20-12-5-2-10(3-6-12)9-19-14-8-11(16)4-7-13(14)18-15(19)17/h2-8H,9H2,1H3,(H2,17,18). The summed E-state index contributed by atoms with van der Waals surface area (Å²) in [7, 11) is 1.65. The fraction of sp³-hybridized carbons (Fsp3) is 0.133. The van der Waals surface area contributed by atoms with Crippen molar-refractivity contribution in [2.75, 3.05) is 12.8 Å². The third-order valence-electron chi connectivity index (χ3n) is 3.24. The summed E-state index contributed by atoms with van der Waals surface area (Å²) in [5.41, 5.74) is 8.90. The van der Waals surface area contributed by atoms with Gasteiger partial charge < -0.3 is 15.0 Å². The minimum atomic E-state index is 0.484. The number of fused-ring (bicyclic) bond motifs is 1. The second-order valence-electron chi connectivity index (χ2n) is 4.54. The number of nitrogens with zero attached hydrogens (tertiary/aromatic N) is 2. The molecule has 1 aromatic heterocycles. The molecule has 3 aromatic rings. The highest BCUT2D eigenvalue weighted by molar-refractivity contribution is 6.31. The van der Waals surface area contributed by atoms with Crippen molar-refractivity contribution in [2.24, 2.45) is 0 Å². The lowest BCUT2D eigenvalue weighted by molar-refractivity contribution is 0.414. The summed E-state index contributed by atoms with van der Waals surface area (Å²) < 4.78 is 7.10. The fourth-order valence-electron chi connectivity index (χ4n) is 2.19. The quantitative estimate of drug-likeness (QED) is 0.804. The van der Waals surface area contributed by atoms with Gasteiger partial charge in [-0.3, -0.25) is 0 Å². The molecule has 20 heavy (non-hydrogen) atoms. The van der Waals surface area contributed by atoms with Gasteiger partial charge >= 0.3 is 0 Å². The first-order valence-corrected chi connectivity index (χ1v) is 6.59. The number of imidazole rings is 1. The van der Waals surface area contributed by atoms with Gasteiger partial charge in [-0.2, -0.15) is 0 Å². The average Bonchev–Trinajstić information content (AvgIpc) is 2.76. The Labute approximate surface area is 121 Å². The van der Waals surface area contributed by atoms with Gasteiger partial charge in [-0.25, -0.2) is 4.98 Å². The summed E-state index contributed by atoms with van der Waals surface area (Å²) in [6, 6.07) is 13.4. The molecular formula is C15H14ClN3O. The van der Waals surface area contributed by atoms with Crippen LogP contribution < -0.4 is 10.5 Å². The summed E-state index contributed by atoms with van der Waals surface area (Å²) in [6.07, 6.45) is 0. The molecule has 0 amide bonds. The maximum Gasteiger partial charge on any atom is 0.201 e. The molecule has 0 fully saturated rings. The molecule has 1 heterocycles. The number of halogens is 1. The molecule has 0 bridgehead atoms. The second kappa shape index (κ2) is 5.06. The molecule has 0 saturated heterocycles. The maximum atomic E-state index is 6.04. The van der Waals surface area contributed by atoms with Crippen molar-refractivity contribution < 1.29 is 4.74 Å². The normalized spacial score (nSPS) is 10.9. The lowest BCUT2D eigenvalue weighted by atomic mass is 10.2. The van der Waals surface area contributed by atoms with Crippen LogP contribution in [-0.2, 0) is 6.54 Å². The van der Waals surface area contributed by atoms with Crippen LogP contribution in [0.1, 0.15) is 5.56 Å². The van der Waals surface area contributed by atoms with Gasteiger partial charge in [0.1, 0.15) is 5.75 Å². The highest BCUT2D eigenvalue weighted by Crippen LogP contribution is 2.23. The molecule has 3 rings (SSSR count). The van der Waals surface area contributed by atoms with Crippen LogP contribution in [0.4, 0.5) is 5.95 Å². The van der Waals surface area contributed by atoms with Gasteiger partial charge in [0.15, 0.2) is 0 Å². The monoisotopic (exact) mass is 287 g/mol. The minimum Gasteiger partial charge on any atom is -0.497 e. The van der Waals surface area contributed by atoms with Gasteiger partial charge in [-0.15, -0.1) is 0 Å². The van der Waals surface area contributed by atoms with Crippen LogP contribution in [-0.4, -0.2) is 16.7 Å². The highest BCUT2D eigenvalue weighted by atomic mass is 35.5. The van der Waals surface area contributed by atoms with Crippen LogP contribution in [0.3, 0.4) is 0 Å². The molecule has 0 atom stereocenters. The van der Waals surface area contributed by atoms with E-state index in [1.54, 1.807) is 7.11 Å². The topological polar surface area (TPSA) is 53.1 Å². The van der Waals surface area contributed by atoms with E-state index in [1.165, 1.54) is 0 Å².